The van der Waals surface area contributed by atoms with E-state index in [0.717, 1.165) is 45.6 Å². The van der Waals surface area contributed by atoms with Gasteiger partial charge in [-0.1, -0.05) is 18.2 Å². The van der Waals surface area contributed by atoms with Crippen LogP contribution in [0, 0.1) is 6.92 Å². The van der Waals surface area contributed by atoms with Gasteiger partial charge in [0.1, 0.15) is 6.04 Å². The molecule has 0 N–H and O–H groups in total. The lowest BCUT2D eigenvalue weighted by Crippen LogP contribution is -2.54. The monoisotopic (exact) mass is 315 g/mol. The first-order valence-corrected chi connectivity index (χ1v) is 8.44. The quantitative estimate of drug-likeness (QED) is 0.833. The summed E-state index contributed by atoms with van der Waals surface area (Å²) in [6.07, 6.45) is 1.73. The predicted molar refractivity (Wildman–Crippen MR) is 90.4 cm³/mol. The Morgan fingerprint density at radius 3 is 2.39 bits per heavy atom. The van der Waals surface area contributed by atoms with E-state index in [9.17, 15) is 9.59 Å². The highest BCUT2D eigenvalue weighted by Gasteiger charge is 2.36. The number of anilines is 1. The lowest BCUT2D eigenvalue weighted by molar-refractivity contribution is -0.143. The maximum Gasteiger partial charge on any atom is 0.245 e. The number of aryl methyl sites for hydroxylation is 1. The van der Waals surface area contributed by atoms with E-state index < -0.39 is 0 Å². The van der Waals surface area contributed by atoms with Crippen molar-refractivity contribution in [1.82, 2.24) is 9.80 Å². The summed E-state index contributed by atoms with van der Waals surface area (Å²) < 4.78 is 0. The highest BCUT2D eigenvalue weighted by Crippen LogP contribution is 2.23. The molecule has 124 valence electrons. The summed E-state index contributed by atoms with van der Waals surface area (Å²) in [7, 11) is 0. The summed E-state index contributed by atoms with van der Waals surface area (Å²) in [5.74, 6) is 0.140. The van der Waals surface area contributed by atoms with Gasteiger partial charge in [0.15, 0.2) is 0 Å². The Kier molecular flexibility index (Phi) is 4.55. The van der Waals surface area contributed by atoms with E-state index in [4.69, 9.17) is 0 Å². The van der Waals surface area contributed by atoms with E-state index in [1.165, 1.54) is 11.3 Å². The van der Waals surface area contributed by atoms with Crippen LogP contribution in [-0.2, 0) is 9.59 Å². The van der Waals surface area contributed by atoms with E-state index in [1.54, 1.807) is 11.8 Å². The molecule has 1 unspecified atom stereocenters. The van der Waals surface area contributed by atoms with Crippen molar-refractivity contribution < 1.29 is 9.59 Å². The molecule has 1 aromatic rings. The van der Waals surface area contributed by atoms with Crippen molar-refractivity contribution in [2.24, 2.45) is 0 Å². The zero-order valence-corrected chi connectivity index (χ0v) is 14.0. The van der Waals surface area contributed by atoms with E-state index in [1.807, 2.05) is 4.90 Å². The first-order valence-electron chi connectivity index (χ1n) is 8.44. The molecule has 5 heteroatoms. The Labute approximate surface area is 137 Å². The van der Waals surface area contributed by atoms with Gasteiger partial charge in [0.05, 0.1) is 0 Å². The van der Waals surface area contributed by atoms with Gasteiger partial charge >= 0.3 is 0 Å². The van der Waals surface area contributed by atoms with Crippen molar-refractivity contribution >= 4 is 17.5 Å². The second-order valence-electron chi connectivity index (χ2n) is 6.47. The highest BCUT2D eigenvalue weighted by molar-refractivity contribution is 5.87. The van der Waals surface area contributed by atoms with Gasteiger partial charge in [0, 0.05) is 45.3 Å². The molecule has 5 nitrogen and oxygen atoms in total. The third-order valence-corrected chi connectivity index (χ3v) is 4.99. The van der Waals surface area contributed by atoms with Crippen LogP contribution in [0.15, 0.2) is 24.3 Å². The number of rotatable bonds is 2. The maximum atomic E-state index is 12.7. The molecule has 2 saturated heterocycles. The average molecular weight is 315 g/mol. The molecular formula is C18H25N3O2. The summed E-state index contributed by atoms with van der Waals surface area (Å²) in [6, 6.07) is 8.13. The standard InChI is InChI=1S/C18H25N3O2/c1-14-6-3-4-7-16(14)19-10-12-20(13-11-19)18(23)17-8-5-9-21(17)15(2)22/h3-4,6-7,17H,5,8-13H2,1-2H3. The Balaban J connectivity index is 1.62. The van der Waals surface area contributed by atoms with Crippen molar-refractivity contribution in [1.29, 1.82) is 0 Å². The zero-order chi connectivity index (χ0) is 16.4. The number of hydrogen-bond donors (Lipinski definition) is 0. The smallest absolute Gasteiger partial charge is 0.245 e. The molecule has 2 aliphatic rings. The van der Waals surface area contributed by atoms with E-state index in [2.05, 4.69) is 36.1 Å². The van der Waals surface area contributed by atoms with Gasteiger partial charge in [-0.2, -0.15) is 0 Å². The number of piperazine rings is 1. The number of amides is 2. The number of hydrogen-bond acceptors (Lipinski definition) is 3. The minimum absolute atomic E-state index is 0.0133. The molecule has 2 heterocycles. The summed E-state index contributed by atoms with van der Waals surface area (Å²) in [5, 5.41) is 0. The molecule has 2 fully saturated rings. The van der Waals surface area contributed by atoms with Gasteiger partial charge in [0.25, 0.3) is 0 Å². The minimum Gasteiger partial charge on any atom is -0.368 e. The number of benzene rings is 1. The molecule has 0 radical (unpaired) electrons. The number of carbonyl (C=O) groups excluding carboxylic acids is 2. The Bertz CT molecular complexity index is 594. The normalized spacial score (nSPS) is 21.7. The number of likely N-dealkylation sites (tertiary alicyclic amines) is 1. The van der Waals surface area contributed by atoms with Crippen molar-refractivity contribution in [3.05, 3.63) is 29.8 Å². The van der Waals surface area contributed by atoms with E-state index in [0.29, 0.717) is 0 Å². The summed E-state index contributed by atoms with van der Waals surface area (Å²) in [5.41, 5.74) is 2.52. The minimum atomic E-state index is -0.238. The van der Waals surface area contributed by atoms with E-state index >= 15 is 0 Å². The topological polar surface area (TPSA) is 43.9 Å². The molecule has 0 bridgehead atoms. The molecule has 2 aliphatic heterocycles. The van der Waals surface area contributed by atoms with Gasteiger partial charge in [0.2, 0.25) is 11.8 Å². The van der Waals surface area contributed by atoms with Gasteiger partial charge in [-0.3, -0.25) is 9.59 Å². The zero-order valence-electron chi connectivity index (χ0n) is 14.0. The first-order chi connectivity index (χ1) is 11.1. The van der Waals surface area contributed by atoms with Crippen molar-refractivity contribution in [2.45, 2.75) is 32.7 Å². The van der Waals surface area contributed by atoms with E-state index in [-0.39, 0.29) is 17.9 Å². The predicted octanol–water partition coefficient (Wildman–Crippen LogP) is 1.65. The Morgan fingerprint density at radius 1 is 1.04 bits per heavy atom. The molecule has 0 spiro atoms. The van der Waals surface area contributed by atoms with Gasteiger partial charge in [-0.05, 0) is 31.4 Å². The molecule has 23 heavy (non-hydrogen) atoms. The average Bonchev–Trinajstić information content (AvgIpc) is 3.05. The largest absolute Gasteiger partial charge is 0.368 e. The van der Waals surface area contributed by atoms with Crippen LogP contribution in [0.3, 0.4) is 0 Å². The van der Waals surface area contributed by atoms with Crippen molar-refractivity contribution in [3.8, 4) is 0 Å². The molecule has 0 aliphatic carbocycles. The summed E-state index contributed by atoms with van der Waals surface area (Å²) in [4.78, 5) is 30.4. The summed E-state index contributed by atoms with van der Waals surface area (Å²) >= 11 is 0. The van der Waals surface area contributed by atoms with Crippen LogP contribution in [0.2, 0.25) is 0 Å². The fourth-order valence-corrected chi connectivity index (χ4v) is 3.70. The Morgan fingerprint density at radius 2 is 1.74 bits per heavy atom. The molecule has 0 saturated carbocycles. The second-order valence-corrected chi connectivity index (χ2v) is 6.47. The number of para-hydroxylation sites is 1. The molecule has 2 amide bonds. The van der Waals surface area contributed by atoms with Crippen LogP contribution in [0.4, 0.5) is 5.69 Å². The lowest BCUT2D eigenvalue weighted by Gasteiger charge is -2.38. The van der Waals surface area contributed by atoms with Crippen molar-refractivity contribution in [3.63, 3.8) is 0 Å². The van der Waals surface area contributed by atoms with Gasteiger partial charge < -0.3 is 14.7 Å². The van der Waals surface area contributed by atoms with Crippen LogP contribution >= 0.6 is 0 Å². The fraction of sp³-hybridized carbons (Fsp3) is 0.556. The first kappa shape index (κ1) is 15.8. The highest BCUT2D eigenvalue weighted by atomic mass is 16.2. The van der Waals surface area contributed by atoms with Gasteiger partial charge in [-0.25, -0.2) is 0 Å². The van der Waals surface area contributed by atoms with Crippen LogP contribution in [-0.4, -0.2) is 60.4 Å². The molecule has 0 aromatic heterocycles. The number of nitrogens with zero attached hydrogens (tertiary/aromatic N) is 3. The number of carbonyl (C=O) groups is 2. The van der Waals surface area contributed by atoms with Gasteiger partial charge in [-0.15, -0.1) is 0 Å². The molecule has 1 atom stereocenters. The third kappa shape index (κ3) is 3.19. The second kappa shape index (κ2) is 6.60. The van der Waals surface area contributed by atoms with Crippen LogP contribution in [0.1, 0.15) is 25.3 Å². The van der Waals surface area contributed by atoms with Crippen molar-refractivity contribution in [2.75, 3.05) is 37.6 Å². The fourth-order valence-electron chi connectivity index (χ4n) is 3.70. The van der Waals surface area contributed by atoms with Crippen LogP contribution < -0.4 is 4.90 Å². The molecular weight excluding hydrogens is 290 g/mol. The molecule has 1 aromatic carbocycles. The SMILES string of the molecule is CC(=O)N1CCCC1C(=O)N1CCN(c2ccccc2C)CC1. The molecule has 3 rings (SSSR count). The third-order valence-electron chi connectivity index (χ3n) is 4.99. The Hall–Kier alpha value is -2.04. The summed E-state index contributed by atoms with van der Waals surface area (Å²) in [6.45, 7) is 7.56. The van der Waals surface area contributed by atoms with Crippen LogP contribution in [0.5, 0.6) is 0 Å². The maximum absolute atomic E-state index is 12.7. The van der Waals surface area contributed by atoms with Crippen LogP contribution in [0.25, 0.3) is 0 Å². The lowest BCUT2D eigenvalue weighted by atomic mass is 10.1.